The van der Waals surface area contributed by atoms with Crippen LogP contribution in [-0.2, 0) is 0 Å². The van der Waals surface area contributed by atoms with Gasteiger partial charge in [0.1, 0.15) is 6.04 Å². The first kappa shape index (κ1) is 14.1. The fraction of sp³-hybridized carbons (Fsp3) is 0.235. The van der Waals surface area contributed by atoms with Gasteiger partial charge in [-0.3, -0.25) is 5.32 Å². The number of hydrogen-bond donors (Lipinski definition) is 2. The molecule has 0 amide bonds. The summed E-state index contributed by atoms with van der Waals surface area (Å²) in [5, 5.41) is 22.2. The van der Waals surface area contributed by atoms with Crippen LogP contribution in [0.5, 0.6) is 0 Å². The molecule has 1 aliphatic rings. The Bertz CT molecular complexity index is 661. The van der Waals surface area contributed by atoms with Crippen molar-refractivity contribution >= 4 is 11.6 Å². The molecule has 0 aromatic heterocycles. The predicted molar refractivity (Wildman–Crippen MR) is 83.0 cm³/mol. The number of nitrogens with one attached hydrogen (secondary N) is 1. The van der Waals surface area contributed by atoms with Crippen molar-refractivity contribution in [2.45, 2.75) is 18.0 Å². The second-order valence-corrected chi connectivity index (χ2v) is 5.65. The van der Waals surface area contributed by atoms with Gasteiger partial charge in [-0.2, -0.15) is 5.26 Å². The fourth-order valence-corrected chi connectivity index (χ4v) is 2.93. The van der Waals surface area contributed by atoms with Crippen LogP contribution in [-0.4, -0.2) is 23.8 Å². The molecule has 0 saturated carbocycles. The quantitative estimate of drug-likeness (QED) is 0.916. The molecular weight excluding hydrogens is 284 g/mol. The zero-order valence-corrected chi connectivity index (χ0v) is 12.1. The molecule has 0 spiro atoms. The van der Waals surface area contributed by atoms with E-state index in [2.05, 4.69) is 11.4 Å². The van der Waals surface area contributed by atoms with Gasteiger partial charge in [0.25, 0.3) is 0 Å². The summed E-state index contributed by atoms with van der Waals surface area (Å²) in [5.41, 5.74) is 3.29. The molecule has 1 heterocycles. The van der Waals surface area contributed by atoms with Crippen molar-refractivity contribution in [3.05, 3.63) is 59.1 Å². The van der Waals surface area contributed by atoms with Crippen LogP contribution in [0.1, 0.15) is 11.5 Å². The summed E-state index contributed by atoms with van der Waals surface area (Å²) >= 11 is 5.90. The third-order valence-electron chi connectivity index (χ3n) is 4.00. The maximum absolute atomic E-state index is 9.31. The van der Waals surface area contributed by atoms with Gasteiger partial charge in [0, 0.05) is 17.0 Å². The van der Waals surface area contributed by atoms with Crippen LogP contribution in [0.4, 0.5) is 0 Å². The van der Waals surface area contributed by atoms with Crippen LogP contribution in [0.3, 0.4) is 0 Å². The lowest BCUT2D eigenvalue weighted by molar-refractivity contribution is 0.151. The molecule has 21 heavy (non-hydrogen) atoms. The molecule has 2 aromatic rings. The highest BCUT2D eigenvalue weighted by atomic mass is 35.5. The average molecular weight is 299 g/mol. The van der Waals surface area contributed by atoms with Gasteiger partial charge in [-0.15, -0.1) is 0 Å². The Labute approximate surface area is 128 Å². The molecular formula is C17H15ClN2O. The lowest BCUT2D eigenvalue weighted by atomic mass is 9.78. The van der Waals surface area contributed by atoms with Crippen LogP contribution in [0.15, 0.2) is 48.5 Å². The molecule has 0 radical (unpaired) electrons. The second-order valence-electron chi connectivity index (χ2n) is 5.22. The van der Waals surface area contributed by atoms with Gasteiger partial charge >= 0.3 is 0 Å². The van der Waals surface area contributed by atoms with Crippen molar-refractivity contribution < 1.29 is 5.11 Å². The molecule has 1 fully saturated rings. The highest BCUT2D eigenvalue weighted by Crippen LogP contribution is 2.33. The minimum absolute atomic E-state index is 0.0315. The SMILES string of the molecule is N#C[C@@H]1N[C@@H](CO)[C@H]1c1ccc(-c2ccc(Cl)cc2)cc1. The number of nitriles is 1. The van der Waals surface area contributed by atoms with Gasteiger partial charge in [-0.05, 0) is 28.8 Å². The van der Waals surface area contributed by atoms with E-state index >= 15 is 0 Å². The maximum atomic E-state index is 9.31. The fourth-order valence-electron chi connectivity index (χ4n) is 2.80. The number of benzene rings is 2. The molecule has 106 valence electrons. The highest BCUT2D eigenvalue weighted by molar-refractivity contribution is 6.30. The van der Waals surface area contributed by atoms with Gasteiger partial charge in [-0.25, -0.2) is 0 Å². The lowest BCUT2D eigenvalue weighted by Gasteiger charge is -2.41. The topological polar surface area (TPSA) is 56.0 Å². The summed E-state index contributed by atoms with van der Waals surface area (Å²) in [7, 11) is 0. The zero-order chi connectivity index (χ0) is 14.8. The Balaban J connectivity index is 1.84. The monoisotopic (exact) mass is 298 g/mol. The van der Waals surface area contributed by atoms with Crippen molar-refractivity contribution in [3.8, 4) is 17.2 Å². The van der Waals surface area contributed by atoms with E-state index in [1.165, 1.54) is 0 Å². The van der Waals surface area contributed by atoms with Crippen LogP contribution < -0.4 is 5.32 Å². The molecule has 1 aliphatic heterocycles. The van der Waals surface area contributed by atoms with E-state index in [-0.39, 0.29) is 24.6 Å². The summed E-state index contributed by atoms with van der Waals surface area (Å²) in [6.45, 7) is 0.0434. The van der Waals surface area contributed by atoms with E-state index in [4.69, 9.17) is 16.9 Å². The summed E-state index contributed by atoms with van der Waals surface area (Å²) in [6, 6.07) is 17.8. The average Bonchev–Trinajstić information content (AvgIpc) is 2.49. The Morgan fingerprint density at radius 2 is 1.62 bits per heavy atom. The Morgan fingerprint density at radius 3 is 2.14 bits per heavy atom. The normalized spacial score (nSPS) is 24.1. The maximum Gasteiger partial charge on any atom is 0.104 e. The van der Waals surface area contributed by atoms with Crippen LogP contribution >= 0.6 is 11.6 Å². The summed E-state index contributed by atoms with van der Waals surface area (Å²) in [5.74, 6) is 0.0549. The van der Waals surface area contributed by atoms with Crippen molar-refractivity contribution in [3.63, 3.8) is 0 Å². The first-order chi connectivity index (χ1) is 10.2. The first-order valence-corrected chi connectivity index (χ1v) is 7.23. The van der Waals surface area contributed by atoms with E-state index in [1.807, 2.05) is 48.5 Å². The van der Waals surface area contributed by atoms with Crippen molar-refractivity contribution in [1.29, 1.82) is 5.26 Å². The largest absolute Gasteiger partial charge is 0.395 e. The summed E-state index contributed by atoms with van der Waals surface area (Å²) in [6.07, 6.45) is 0. The van der Waals surface area contributed by atoms with Crippen molar-refractivity contribution in [2.75, 3.05) is 6.61 Å². The highest BCUT2D eigenvalue weighted by Gasteiger charge is 2.40. The first-order valence-electron chi connectivity index (χ1n) is 6.85. The van der Waals surface area contributed by atoms with E-state index in [1.54, 1.807) is 0 Å². The van der Waals surface area contributed by atoms with Crippen LogP contribution in [0.2, 0.25) is 5.02 Å². The minimum atomic E-state index is -0.219. The molecule has 4 heteroatoms. The number of nitrogens with zero attached hydrogens (tertiary/aromatic N) is 1. The third-order valence-corrected chi connectivity index (χ3v) is 4.25. The Kier molecular flexibility index (Phi) is 3.94. The Hall–Kier alpha value is -1.86. The number of rotatable bonds is 3. The molecule has 0 bridgehead atoms. The molecule has 1 saturated heterocycles. The number of aliphatic hydroxyl groups is 1. The number of halogens is 1. The van der Waals surface area contributed by atoms with Crippen molar-refractivity contribution in [1.82, 2.24) is 5.32 Å². The molecule has 3 atom stereocenters. The summed E-state index contributed by atoms with van der Waals surface area (Å²) in [4.78, 5) is 0. The standard InChI is InChI=1S/C17H15ClN2O/c18-14-7-5-12(6-8-14)11-1-3-13(4-2-11)17-15(9-19)20-16(17)10-21/h1-8,15-17,20-21H,10H2/t15-,16-,17-/m0/s1. The van der Waals surface area contributed by atoms with Crippen molar-refractivity contribution in [2.24, 2.45) is 0 Å². The minimum Gasteiger partial charge on any atom is -0.395 e. The predicted octanol–water partition coefficient (Wildman–Crippen LogP) is 2.95. The number of hydrogen-bond acceptors (Lipinski definition) is 3. The van der Waals surface area contributed by atoms with Gasteiger partial charge in [0.2, 0.25) is 0 Å². The molecule has 2 aromatic carbocycles. The zero-order valence-electron chi connectivity index (χ0n) is 11.3. The lowest BCUT2D eigenvalue weighted by Crippen LogP contribution is -2.60. The second kappa shape index (κ2) is 5.87. The Morgan fingerprint density at radius 1 is 1.05 bits per heavy atom. The molecule has 2 N–H and O–H groups in total. The van der Waals surface area contributed by atoms with E-state index in [0.29, 0.717) is 0 Å². The van der Waals surface area contributed by atoms with Gasteiger partial charge < -0.3 is 5.11 Å². The van der Waals surface area contributed by atoms with E-state index < -0.39 is 0 Å². The number of aliphatic hydroxyl groups excluding tert-OH is 1. The summed E-state index contributed by atoms with van der Waals surface area (Å²) < 4.78 is 0. The van der Waals surface area contributed by atoms with E-state index in [0.717, 1.165) is 21.7 Å². The molecule has 3 rings (SSSR count). The molecule has 3 nitrogen and oxygen atoms in total. The smallest absolute Gasteiger partial charge is 0.104 e. The van der Waals surface area contributed by atoms with Gasteiger partial charge in [-0.1, -0.05) is 48.0 Å². The van der Waals surface area contributed by atoms with E-state index in [9.17, 15) is 5.11 Å². The molecule has 0 aliphatic carbocycles. The molecule has 0 unspecified atom stereocenters. The van der Waals surface area contributed by atoms with Crippen LogP contribution in [0, 0.1) is 11.3 Å². The third kappa shape index (κ3) is 2.66. The van der Waals surface area contributed by atoms with Gasteiger partial charge in [0.05, 0.1) is 12.7 Å². The van der Waals surface area contributed by atoms with Crippen LogP contribution in [0.25, 0.3) is 11.1 Å². The van der Waals surface area contributed by atoms with Gasteiger partial charge in [0.15, 0.2) is 0 Å².